The maximum Gasteiger partial charge on any atom is 0.236 e. The van der Waals surface area contributed by atoms with Crippen molar-refractivity contribution in [1.29, 1.82) is 0 Å². The fourth-order valence-corrected chi connectivity index (χ4v) is 1.89. The molecule has 0 aromatic heterocycles. The van der Waals surface area contributed by atoms with Gasteiger partial charge in [-0.3, -0.25) is 4.79 Å². The van der Waals surface area contributed by atoms with Crippen LogP contribution < -0.4 is 11.1 Å². The first kappa shape index (κ1) is 17.3. The predicted molar refractivity (Wildman–Crippen MR) is 71.0 cm³/mol. The molecule has 3 N–H and O–H groups in total. The molecule has 6 nitrogen and oxygen atoms in total. The maximum atomic E-state index is 11.5. The number of ether oxygens (including phenoxy) is 1. The first-order valence-electron chi connectivity index (χ1n) is 6.05. The Morgan fingerprint density at radius 1 is 1.39 bits per heavy atom. The van der Waals surface area contributed by atoms with Gasteiger partial charge in [0.2, 0.25) is 5.91 Å². The summed E-state index contributed by atoms with van der Waals surface area (Å²) >= 11 is 0. The van der Waals surface area contributed by atoms with E-state index in [2.05, 4.69) is 5.32 Å². The summed E-state index contributed by atoms with van der Waals surface area (Å²) in [5.74, 6) is -0.388. The van der Waals surface area contributed by atoms with Crippen molar-refractivity contribution in [2.45, 2.75) is 38.8 Å². The van der Waals surface area contributed by atoms with E-state index >= 15 is 0 Å². The first-order valence-corrected chi connectivity index (χ1v) is 8.11. The monoisotopic (exact) mass is 280 g/mol. The van der Waals surface area contributed by atoms with Crippen LogP contribution in [0.5, 0.6) is 0 Å². The molecule has 0 bridgehead atoms. The molecule has 0 fully saturated rings. The predicted octanol–water partition coefficient (Wildman–Crippen LogP) is -0.320. The summed E-state index contributed by atoms with van der Waals surface area (Å²) in [6.07, 6.45) is 2.16. The Morgan fingerprint density at radius 2 is 2.00 bits per heavy atom. The summed E-state index contributed by atoms with van der Waals surface area (Å²) in [6.45, 7) is 4.95. The zero-order chi connectivity index (χ0) is 14.2. The third-order valence-corrected chi connectivity index (χ3v) is 3.19. The molecule has 0 aliphatic carbocycles. The highest BCUT2D eigenvalue weighted by Gasteiger charge is 2.15. The van der Waals surface area contributed by atoms with Crippen LogP contribution in [-0.2, 0) is 19.4 Å². The number of carbonyl (C=O) groups is 1. The lowest BCUT2D eigenvalue weighted by Gasteiger charge is -2.12. The standard InChI is InChI=1S/C11H24N2O4S/c1-9(2)17-7-4-6-13-11(14)10(12)5-8-18(3,15)16/h9-10H,4-8,12H2,1-3H3,(H,13,14). The minimum Gasteiger partial charge on any atom is -0.379 e. The second-order valence-electron chi connectivity index (χ2n) is 4.59. The smallest absolute Gasteiger partial charge is 0.236 e. The van der Waals surface area contributed by atoms with Crippen molar-refractivity contribution in [1.82, 2.24) is 5.32 Å². The van der Waals surface area contributed by atoms with Crippen molar-refractivity contribution in [2.24, 2.45) is 5.73 Å². The highest BCUT2D eigenvalue weighted by molar-refractivity contribution is 7.90. The second kappa shape index (κ2) is 8.44. The molecule has 1 unspecified atom stereocenters. The largest absolute Gasteiger partial charge is 0.379 e. The van der Waals surface area contributed by atoms with Gasteiger partial charge in [-0.15, -0.1) is 0 Å². The second-order valence-corrected chi connectivity index (χ2v) is 6.85. The molecule has 0 heterocycles. The molecule has 108 valence electrons. The van der Waals surface area contributed by atoms with E-state index in [-0.39, 0.29) is 24.2 Å². The lowest BCUT2D eigenvalue weighted by molar-refractivity contribution is -0.122. The van der Waals surface area contributed by atoms with Crippen molar-refractivity contribution >= 4 is 15.7 Å². The molecule has 1 amide bonds. The summed E-state index contributed by atoms with van der Waals surface area (Å²) in [7, 11) is -3.07. The average Bonchev–Trinajstić information content (AvgIpc) is 2.23. The van der Waals surface area contributed by atoms with Crippen molar-refractivity contribution in [3.8, 4) is 0 Å². The minimum atomic E-state index is -3.07. The minimum absolute atomic E-state index is 0.0714. The van der Waals surface area contributed by atoms with Crippen LogP contribution >= 0.6 is 0 Å². The third-order valence-electron chi connectivity index (χ3n) is 2.21. The van der Waals surface area contributed by atoms with E-state index in [1.54, 1.807) is 0 Å². The van der Waals surface area contributed by atoms with Gasteiger partial charge in [-0.25, -0.2) is 8.42 Å². The Bertz CT molecular complexity index is 341. The molecule has 0 saturated carbocycles. The number of nitrogens with two attached hydrogens (primary N) is 1. The molecule has 0 aromatic rings. The van der Waals surface area contributed by atoms with Gasteiger partial charge in [-0.2, -0.15) is 0 Å². The molecule has 0 rings (SSSR count). The number of hydrogen-bond donors (Lipinski definition) is 2. The number of rotatable bonds is 9. The van der Waals surface area contributed by atoms with Gasteiger partial charge in [0.1, 0.15) is 9.84 Å². The maximum absolute atomic E-state index is 11.5. The molecule has 0 spiro atoms. The number of carbonyl (C=O) groups excluding carboxylic acids is 1. The molecule has 0 radical (unpaired) electrons. The van der Waals surface area contributed by atoms with Crippen LogP contribution in [-0.4, -0.2) is 51.6 Å². The average molecular weight is 280 g/mol. The Labute approximate surface area is 109 Å². The van der Waals surface area contributed by atoms with Gasteiger partial charge < -0.3 is 15.8 Å². The van der Waals surface area contributed by atoms with Gasteiger partial charge in [-0.1, -0.05) is 0 Å². The normalized spacial score (nSPS) is 13.6. The number of hydrogen-bond acceptors (Lipinski definition) is 5. The van der Waals surface area contributed by atoms with Gasteiger partial charge in [0.25, 0.3) is 0 Å². The number of sulfone groups is 1. The van der Waals surface area contributed by atoms with Crippen LogP contribution in [0.15, 0.2) is 0 Å². The van der Waals surface area contributed by atoms with Crippen LogP contribution in [0.1, 0.15) is 26.7 Å². The summed E-state index contributed by atoms with van der Waals surface area (Å²) in [5, 5.41) is 2.65. The highest BCUT2D eigenvalue weighted by atomic mass is 32.2. The Hall–Kier alpha value is -0.660. The zero-order valence-electron chi connectivity index (χ0n) is 11.3. The molecular formula is C11H24N2O4S. The van der Waals surface area contributed by atoms with E-state index in [4.69, 9.17) is 10.5 Å². The van der Waals surface area contributed by atoms with Crippen molar-refractivity contribution in [3.05, 3.63) is 0 Å². The van der Waals surface area contributed by atoms with E-state index in [9.17, 15) is 13.2 Å². The first-order chi connectivity index (χ1) is 8.22. The van der Waals surface area contributed by atoms with Crippen molar-refractivity contribution in [3.63, 3.8) is 0 Å². The molecular weight excluding hydrogens is 256 g/mol. The molecule has 0 saturated heterocycles. The fraction of sp³-hybridized carbons (Fsp3) is 0.909. The van der Waals surface area contributed by atoms with Gasteiger partial charge >= 0.3 is 0 Å². The molecule has 1 atom stereocenters. The summed E-state index contributed by atoms with van der Waals surface area (Å²) in [6, 6.07) is -0.772. The SMILES string of the molecule is CC(C)OCCCNC(=O)C(N)CCS(C)(=O)=O. The van der Waals surface area contributed by atoms with E-state index in [0.717, 1.165) is 6.26 Å². The molecule has 0 aliphatic heterocycles. The Balaban J connectivity index is 3.69. The van der Waals surface area contributed by atoms with Gasteiger partial charge in [0, 0.05) is 19.4 Å². The van der Waals surface area contributed by atoms with Crippen LogP contribution in [0.2, 0.25) is 0 Å². The lowest BCUT2D eigenvalue weighted by Crippen LogP contribution is -2.42. The quantitative estimate of drug-likeness (QED) is 0.564. The summed E-state index contributed by atoms with van der Waals surface area (Å²) < 4.78 is 27.1. The zero-order valence-corrected chi connectivity index (χ0v) is 12.1. The molecule has 0 aliphatic rings. The van der Waals surface area contributed by atoms with E-state index < -0.39 is 15.9 Å². The lowest BCUT2D eigenvalue weighted by atomic mass is 10.2. The van der Waals surface area contributed by atoms with Gasteiger partial charge in [0.15, 0.2) is 0 Å². The van der Waals surface area contributed by atoms with Crippen LogP contribution in [0, 0.1) is 0 Å². The van der Waals surface area contributed by atoms with E-state index in [0.29, 0.717) is 19.6 Å². The van der Waals surface area contributed by atoms with Crippen LogP contribution in [0.4, 0.5) is 0 Å². The van der Waals surface area contributed by atoms with Crippen molar-refractivity contribution < 1.29 is 17.9 Å². The van der Waals surface area contributed by atoms with Gasteiger partial charge in [0.05, 0.1) is 17.9 Å². The molecule has 18 heavy (non-hydrogen) atoms. The Morgan fingerprint density at radius 3 is 2.50 bits per heavy atom. The van der Waals surface area contributed by atoms with Gasteiger partial charge in [-0.05, 0) is 26.7 Å². The highest BCUT2D eigenvalue weighted by Crippen LogP contribution is 1.94. The topological polar surface area (TPSA) is 98.5 Å². The van der Waals surface area contributed by atoms with Crippen LogP contribution in [0.25, 0.3) is 0 Å². The summed E-state index contributed by atoms with van der Waals surface area (Å²) in [4.78, 5) is 11.5. The van der Waals surface area contributed by atoms with E-state index in [1.807, 2.05) is 13.8 Å². The van der Waals surface area contributed by atoms with Crippen molar-refractivity contribution in [2.75, 3.05) is 25.2 Å². The summed E-state index contributed by atoms with van der Waals surface area (Å²) in [5.41, 5.74) is 5.58. The number of amides is 1. The molecule has 7 heteroatoms. The van der Waals surface area contributed by atoms with Crippen LogP contribution in [0.3, 0.4) is 0 Å². The van der Waals surface area contributed by atoms with E-state index in [1.165, 1.54) is 0 Å². The number of nitrogens with one attached hydrogen (secondary N) is 1. The third kappa shape index (κ3) is 10.5. The molecule has 0 aromatic carbocycles. The Kier molecular flexibility index (Phi) is 8.13. The fourth-order valence-electron chi connectivity index (χ4n) is 1.21.